The second kappa shape index (κ2) is 7.10. The molecule has 0 N–H and O–H groups in total. The van der Waals surface area contributed by atoms with E-state index in [1.165, 1.54) is 0 Å². The van der Waals surface area contributed by atoms with E-state index < -0.39 is 5.79 Å². The Morgan fingerprint density at radius 1 is 1.39 bits per heavy atom. The van der Waals surface area contributed by atoms with Gasteiger partial charge >= 0.3 is 5.97 Å². The smallest absolute Gasteiger partial charge is 0.311 e. The van der Waals surface area contributed by atoms with Crippen LogP contribution in [-0.4, -0.2) is 31.1 Å². The Labute approximate surface area is 110 Å². The van der Waals surface area contributed by atoms with Crippen molar-refractivity contribution in [2.75, 3.05) is 13.2 Å². The second-order valence-corrected chi connectivity index (χ2v) is 5.04. The topological polar surface area (TPSA) is 44.8 Å². The summed E-state index contributed by atoms with van der Waals surface area (Å²) in [5.74, 6) is -0.650. The minimum atomic E-state index is -0.822. The van der Waals surface area contributed by atoms with Gasteiger partial charge in [0.2, 0.25) is 0 Å². The average Bonchev–Trinajstić information content (AvgIpc) is 2.29. The zero-order valence-corrected chi connectivity index (χ0v) is 12.0. The normalized spacial score (nSPS) is 32.2. The van der Waals surface area contributed by atoms with E-state index in [-0.39, 0.29) is 18.5 Å². The van der Waals surface area contributed by atoms with Gasteiger partial charge in [0.25, 0.3) is 0 Å². The molecule has 106 valence electrons. The van der Waals surface area contributed by atoms with E-state index in [1.807, 2.05) is 6.92 Å². The predicted octanol–water partition coefficient (Wildman–Crippen LogP) is 2.90. The van der Waals surface area contributed by atoms with Crippen LogP contribution in [0.25, 0.3) is 0 Å². The summed E-state index contributed by atoms with van der Waals surface area (Å²) in [7, 11) is 0. The highest BCUT2D eigenvalue weighted by atomic mass is 16.7. The lowest BCUT2D eigenvalue weighted by Crippen LogP contribution is -2.48. The van der Waals surface area contributed by atoms with Crippen LogP contribution < -0.4 is 0 Å². The summed E-state index contributed by atoms with van der Waals surface area (Å²) in [5.41, 5.74) is 0. The van der Waals surface area contributed by atoms with E-state index in [0.717, 1.165) is 19.3 Å². The number of carbonyl (C=O) groups excluding carboxylic acids is 1. The summed E-state index contributed by atoms with van der Waals surface area (Å²) >= 11 is 0. The summed E-state index contributed by atoms with van der Waals surface area (Å²) in [5, 5.41) is 0. The molecule has 0 saturated carbocycles. The van der Waals surface area contributed by atoms with E-state index in [0.29, 0.717) is 19.1 Å². The predicted molar refractivity (Wildman–Crippen MR) is 69.2 cm³/mol. The maximum Gasteiger partial charge on any atom is 0.311 e. The summed E-state index contributed by atoms with van der Waals surface area (Å²) in [6.07, 6.45) is 3.49. The van der Waals surface area contributed by atoms with Crippen molar-refractivity contribution in [3.05, 3.63) is 0 Å². The van der Waals surface area contributed by atoms with Gasteiger partial charge in [0.05, 0.1) is 25.7 Å². The van der Waals surface area contributed by atoms with Crippen LogP contribution >= 0.6 is 0 Å². The molecule has 0 aromatic rings. The van der Waals surface area contributed by atoms with Crippen molar-refractivity contribution in [3.63, 3.8) is 0 Å². The maximum absolute atomic E-state index is 11.5. The zero-order chi connectivity index (χ0) is 13.6. The van der Waals surface area contributed by atoms with Gasteiger partial charge in [0.1, 0.15) is 0 Å². The van der Waals surface area contributed by atoms with Gasteiger partial charge in [-0.3, -0.25) is 4.79 Å². The quantitative estimate of drug-likeness (QED) is 0.687. The molecule has 1 saturated heterocycles. The molecule has 1 aliphatic heterocycles. The third-order valence-corrected chi connectivity index (χ3v) is 3.40. The van der Waals surface area contributed by atoms with E-state index >= 15 is 0 Å². The zero-order valence-electron chi connectivity index (χ0n) is 12.0. The van der Waals surface area contributed by atoms with Gasteiger partial charge in [-0.1, -0.05) is 20.3 Å². The highest BCUT2D eigenvalue weighted by Crippen LogP contribution is 2.33. The molecular formula is C14H26O4. The lowest BCUT2D eigenvalue weighted by atomic mass is 9.94. The number of ether oxygens (including phenoxy) is 3. The van der Waals surface area contributed by atoms with Gasteiger partial charge in [0, 0.05) is 5.92 Å². The third-order valence-electron chi connectivity index (χ3n) is 3.40. The van der Waals surface area contributed by atoms with Crippen LogP contribution in [0.1, 0.15) is 53.4 Å². The maximum atomic E-state index is 11.5. The highest BCUT2D eigenvalue weighted by molar-refractivity contribution is 5.70. The first-order valence-electron chi connectivity index (χ1n) is 7.02. The Hall–Kier alpha value is -0.610. The fourth-order valence-electron chi connectivity index (χ4n) is 2.37. The molecule has 1 aliphatic rings. The minimum absolute atomic E-state index is 0.164. The van der Waals surface area contributed by atoms with Crippen molar-refractivity contribution in [2.24, 2.45) is 5.92 Å². The average molecular weight is 258 g/mol. The van der Waals surface area contributed by atoms with Crippen LogP contribution in [0.5, 0.6) is 0 Å². The van der Waals surface area contributed by atoms with Crippen molar-refractivity contribution >= 4 is 5.97 Å². The molecule has 0 unspecified atom stereocenters. The Morgan fingerprint density at radius 2 is 2.11 bits per heavy atom. The molecule has 18 heavy (non-hydrogen) atoms. The number of carbonyl (C=O) groups is 1. The molecule has 0 aromatic carbocycles. The number of esters is 1. The Balaban J connectivity index is 2.59. The Kier molecular flexibility index (Phi) is 6.09. The SMILES string of the molecule is CCC[C@H]1O[C@](C)(CC(=O)OCC)OC[C@@H]1CC. The van der Waals surface area contributed by atoms with Gasteiger partial charge in [-0.05, 0) is 26.7 Å². The summed E-state index contributed by atoms with van der Waals surface area (Å²) in [4.78, 5) is 11.5. The lowest BCUT2D eigenvalue weighted by Gasteiger charge is -2.42. The van der Waals surface area contributed by atoms with Gasteiger partial charge in [-0.25, -0.2) is 0 Å². The highest BCUT2D eigenvalue weighted by Gasteiger charge is 2.40. The monoisotopic (exact) mass is 258 g/mol. The first-order valence-corrected chi connectivity index (χ1v) is 7.02. The molecule has 1 rings (SSSR count). The van der Waals surface area contributed by atoms with Crippen LogP contribution in [0.4, 0.5) is 0 Å². The molecule has 0 spiro atoms. The summed E-state index contributed by atoms with van der Waals surface area (Å²) < 4.78 is 16.7. The molecule has 3 atom stereocenters. The van der Waals surface area contributed by atoms with Gasteiger partial charge in [-0.2, -0.15) is 0 Å². The molecule has 0 aromatic heterocycles. The van der Waals surface area contributed by atoms with Crippen LogP contribution in [0.2, 0.25) is 0 Å². The van der Waals surface area contributed by atoms with E-state index in [4.69, 9.17) is 14.2 Å². The first kappa shape index (κ1) is 15.4. The molecule has 1 fully saturated rings. The molecule has 0 amide bonds. The molecule has 1 heterocycles. The van der Waals surface area contributed by atoms with Crippen LogP contribution in [-0.2, 0) is 19.0 Å². The van der Waals surface area contributed by atoms with Crippen molar-refractivity contribution in [3.8, 4) is 0 Å². The summed E-state index contributed by atoms with van der Waals surface area (Å²) in [6, 6.07) is 0. The molecule has 4 heteroatoms. The molecule has 4 nitrogen and oxygen atoms in total. The van der Waals surface area contributed by atoms with E-state index in [1.54, 1.807) is 6.92 Å². The van der Waals surface area contributed by atoms with Crippen molar-refractivity contribution in [2.45, 2.75) is 65.3 Å². The van der Waals surface area contributed by atoms with Gasteiger partial charge in [-0.15, -0.1) is 0 Å². The molecule has 0 aliphatic carbocycles. The van der Waals surface area contributed by atoms with Crippen molar-refractivity contribution < 1.29 is 19.0 Å². The standard InChI is InChI=1S/C14H26O4/c1-5-8-12-11(6-2)10-17-14(4,18-12)9-13(15)16-7-3/h11-12H,5-10H2,1-4H3/t11-,12+,14+/m0/s1. The van der Waals surface area contributed by atoms with Crippen LogP contribution in [0.3, 0.4) is 0 Å². The fraction of sp³-hybridized carbons (Fsp3) is 0.929. The minimum Gasteiger partial charge on any atom is -0.466 e. The van der Waals surface area contributed by atoms with Crippen LogP contribution in [0.15, 0.2) is 0 Å². The van der Waals surface area contributed by atoms with Gasteiger partial charge in [0.15, 0.2) is 5.79 Å². The number of hydrogen-bond donors (Lipinski definition) is 0. The van der Waals surface area contributed by atoms with Gasteiger partial charge < -0.3 is 14.2 Å². The number of hydrogen-bond acceptors (Lipinski definition) is 4. The number of rotatable bonds is 6. The lowest BCUT2D eigenvalue weighted by molar-refractivity contribution is -0.304. The molecule has 0 bridgehead atoms. The van der Waals surface area contributed by atoms with Crippen LogP contribution in [0, 0.1) is 5.92 Å². The van der Waals surface area contributed by atoms with E-state index in [2.05, 4.69) is 13.8 Å². The fourth-order valence-corrected chi connectivity index (χ4v) is 2.37. The second-order valence-electron chi connectivity index (χ2n) is 5.04. The van der Waals surface area contributed by atoms with Crippen molar-refractivity contribution in [1.82, 2.24) is 0 Å². The Morgan fingerprint density at radius 3 is 2.67 bits per heavy atom. The molecular weight excluding hydrogens is 232 g/mol. The summed E-state index contributed by atoms with van der Waals surface area (Å²) in [6.45, 7) is 8.98. The Bertz CT molecular complexity index is 267. The first-order chi connectivity index (χ1) is 8.54. The largest absolute Gasteiger partial charge is 0.466 e. The third kappa shape index (κ3) is 4.25. The van der Waals surface area contributed by atoms with E-state index in [9.17, 15) is 4.79 Å². The van der Waals surface area contributed by atoms with Crippen molar-refractivity contribution in [1.29, 1.82) is 0 Å². The molecule has 0 radical (unpaired) electrons.